The van der Waals surface area contributed by atoms with Gasteiger partial charge in [-0.05, 0) is 122 Å². The van der Waals surface area contributed by atoms with Gasteiger partial charge in [-0.3, -0.25) is 14.4 Å². The van der Waals surface area contributed by atoms with Gasteiger partial charge >= 0.3 is 17.9 Å². The predicted octanol–water partition coefficient (Wildman–Crippen LogP) is 22.9. The number of unbranched alkanes of at least 4 members (excludes halogenated alkanes) is 26. The minimum absolute atomic E-state index is 0.0964. The van der Waals surface area contributed by atoms with E-state index in [2.05, 4.69) is 154 Å². The molecular weight excluding hydrogens is 985 g/mol. The molecule has 0 rings (SSSR count). The Balaban J connectivity index is 4.37. The third kappa shape index (κ3) is 64.4. The van der Waals surface area contributed by atoms with Gasteiger partial charge in [0.25, 0.3) is 0 Å². The third-order valence-electron chi connectivity index (χ3n) is 13.9. The Kier molecular flexibility index (Phi) is 63.3. The van der Waals surface area contributed by atoms with Gasteiger partial charge in [-0.25, -0.2) is 0 Å². The highest BCUT2D eigenvalue weighted by atomic mass is 16.6. The molecule has 0 aliphatic carbocycles. The molecule has 0 aromatic heterocycles. The second-order valence-electron chi connectivity index (χ2n) is 21.6. The zero-order valence-corrected chi connectivity index (χ0v) is 52.0. The summed E-state index contributed by atoms with van der Waals surface area (Å²) in [6, 6.07) is 0. The maximum Gasteiger partial charge on any atom is 0.306 e. The van der Waals surface area contributed by atoms with Gasteiger partial charge in [-0.15, -0.1) is 0 Å². The molecule has 1 unspecified atom stereocenters. The number of ether oxygens (including phenoxy) is 3. The van der Waals surface area contributed by atoms with Crippen LogP contribution in [-0.2, 0) is 28.6 Å². The highest BCUT2D eigenvalue weighted by Crippen LogP contribution is 2.16. The predicted molar refractivity (Wildman–Crippen MR) is 348 cm³/mol. The number of rotatable bonds is 59. The van der Waals surface area contributed by atoms with Crippen LogP contribution in [0.1, 0.15) is 297 Å². The Hall–Kier alpha value is -4.45. The van der Waals surface area contributed by atoms with Gasteiger partial charge < -0.3 is 14.2 Å². The lowest BCUT2D eigenvalue weighted by Gasteiger charge is -2.18. The number of carbonyl (C=O) groups is 3. The monoisotopic (exact) mass is 1110 g/mol. The van der Waals surface area contributed by atoms with Crippen LogP contribution in [0, 0.1) is 0 Å². The van der Waals surface area contributed by atoms with Gasteiger partial charge in [-0.2, -0.15) is 0 Å². The topological polar surface area (TPSA) is 78.9 Å². The Morgan fingerprint density at radius 2 is 0.487 bits per heavy atom. The van der Waals surface area contributed by atoms with E-state index in [9.17, 15) is 14.4 Å². The Bertz CT molecular complexity index is 1700. The Labute approximate surface area is 494 Å². The van der Waals surface area contributed by atoms with Crippen LogP contribution in [0.15, 0.2) is 134 Å². The van der Waals surface area contributed by atoms with E-state index in [4.69, 9.17) is 14.2 Å². The van der Waals surface area contributed by atoms with E-state index < -0.39 is 6.10 Å². The highest BCUT2D eigenvalue weighted by molar-refractivity contribution is 5.71. The quantitative estimate of drug-likeness (QED) is 0.0261. The van der Waals surface area contributed by atoms with Crippen molar-refractivity contribution in [1.29, 1.82) is 0 Å². The average Bonchev–Trinajstić information content (AvgIpc) is 3.46. The summed E-state index contributed by atoms with van der Waals surface area (Å²) in [5.41, 5.74) is 0. The first-order valence-corrected chi connectivity index (χ1v) is 33.2. The van der Waals surface area contributed by atoms with Crippen molar-refractivity contribution in [3.05, 3.63) is 134 Å². The summed E-state index contributed by atoms with van der Waals surface area (Å²) in [5.74, 6) is -0.944. The van der Waals surface area contributed by atoms with E-state index >= 15 is 0 Å². The Morgan fingerprint density at radius 1 is 0.263 bits per heavy atom. The molecule has 0 aliphatic rings. The molecule has 0 N–H and O–H groups in total. The van der Waals surface area contributed by atoms with Crippen molar-refractivity contribution in [2.75, 3.05) is 13.2 Å². The average molecular weight is 1110 g/mol. The van der Waals surface area contributed by atoms with Crippen LogP contribution in [0.3, 0.4) is 0 Å². The molecule has 1 atom stereocenters. The SMILES string of the molecule is CC/C=C\C/C=C\C/C=C\C/C=C\C/C=C\C/C=C\C/C=C\C/C=C\C/C=C\C/C=C\CCCCC(=O)OCC(COC(=O)CCCCCCC/C=C\CCCCCC)OC(=O)CCCCCCCCCCCCCCCCCC. The van der Waals surface area contributed by atoms with Gasteiger partial charge in [0.05, 0.1) is 0 Å². The van der Waals surface area contributed by atoms with Crippen molar-refractivity contribution in [3.8, 4) is 0 Å². The van der Waals surface area contributed by atoms with Gasteiger partial charge in [0.2, 0.25) is 0 Å². The Morgan fingerprint density at radius 3 is 0.812 bits per heavy atom. The molecule has 80 heavy (non-hydrogen) atoms. The second-order valence-corrected chi connectivity index (χ2v) is 21.6. The van der Waals surface area contributed by atoms with Crippen molar-refractivity contribution >= 4 is 17.9 Å². The molecule has 0 aromatic rings. The van der Waals surface area contributed by atoms with E-state index in [0.717, 1.165) is 128 Å². The van der Waals surface area contributed by atoms with Crippen LogP contribution in [0.5, 0.6) is 0 Å². The molecule has 0 spiro atoms. The van der Waals surface area contributed by atoms with Crippen molar-refractivity contribution in [2.45, 2.75) is 303 Å². The molecule has 0 amide bonds. The van der Waals surface area contributed by atoms with Gasteiger partial charge in [-0.1, -0.05) is 289 Å². The van der Waals surface area contributed by atoms with E-state index in [-0.39, 0.29) is 31.1 Å². The van der Waals surface area contributed by atoms with E-state index in [1.165, 1.54) is 122 Å². The van der Waals surface area contributed by atoms with E-state index in [1.807, 2.05) is 0 Å². The molecule has 6 heteroatoms. The van der Waals surface area contributed by atoms with E-state index in [0.29, 0.717) is 25.7 Å². The van der Waals surface area contributed by atoms with Crippen LogP contribution in [0.25, 0.3) is 0 Å². The summed E-state index contributed by atoms with van der Waals surface area (Å²) in [7, 11) is 0. The molecule has 0 radical (unpaired) electrons. The lowest BCUT2D eigenvalue weighted by molar-refractivity contribution is -0.167. The third-order valence-corrected chi connectivity index (χ3v) is 13.9. The van der Waals surface area contributed by atoms with Crippen molar-refractivity contribution in [3.63, 3.8) is 0 Å². The first kappa shape index (κ1) is 75.5. The zero-order valence-electron chi connectivity index (χ0n) is 52.0. The summed E-state index contributed by atoms with van der Waals surface area (Å²) < 4.78 is 16.9. The van der Waals surface area contributed by atoms with Crippen molar-refractivity contribution in [1.82, 2.24) is 0 Å². The summed E-state index contributed by atoms with van der Waals surface area (Å²) in [6.45, 7) is 6.48. The number of carbonyl (C=O) groups excluding carboxylic acids is 3. The second kappa shape index (κ2) is 67.1. The summed E-state index contributed by atoms with van der Waals surface area (Å²) in [5, 5.41) is 0. The van der Waals surface area contributed by atoms with E-state index in [1.54, 1.807) is 0 Å². The van der Waals surface area contributed by atoms with Crippen molar-refractivity contribution in [2.24, 2.45) is 0 Å². The molecule has 0 fully saturated rings. The fourth-order valence-electron chi connectivity index (χ4n) is 8.94. The molecule has 0 bridgehead atoms. The van der Waals surface area contributed by atoms with Gasteiger partial charge in [0.1, 0.15) is 13.2 Å². The summed E-state index contributed by atoms with van der Waals surface area (Å²) in [6.07, 6.45) is 94.6. The van der Waals surface area contributed by atoms with Crippen molar-refractivity contribution < 1.29 is 28.6 Å². The maximum atomic E-state index is 12.9. The number of hydrogen-bond acceptors (Lipinski definition) is 6. The number of hydrogen-bond donors (Lipinski definition) is 0. The van der Waals surface area contributed by atoms with Crippen LogP contribution in [0.2, 0.25) is 0 Å². The lowest BCUT2D eigenvalue weighted by Crippen LogP contribution is -2.30. The lowest BCUT2D eigenvalue weighted by atomic mass is 10.0. The minimum atomic E-state index is -0.802. The molecule has 454 valence electrons. The first-order valence-electron chi connectivity index (χ1n) is 33.2. The maximum absolute atomic E-state index is 12.9. The fourth-order valence-corrected chi connectivity index (χ4v) is 8.94. The fraction of sp³-hybridized carbons (Fsp3) is 0.662. The molecule has 0 aromatic carbocycles. The molecule has 0 saturated carbocycles. The van der Waals surface area contributed by atoms with Gasteiger partial charge in [0.15, 0.2) is 6.10 Å². The molecular formula is C74H122O6. The number of esters is 3. The summed E-state index contributed by atoms with van der Waals surface area (Å²) in [4.78, 5) is 38.3. The largest absolute Gasteiger partial charge is 0.462 e. The van der Waals surface area contributed by atoms with Crippen LogP contribution in [-0.4, -0.2) is 37.2 Å². The molecule has 0 saturated heterocycles. The van der Waals surface area contributed by atoms with Crippen LogP contribution in [0.4, 0.5) is 0 Å². The highest BCUT2D eigenvalue weighted by Gasteiger charge is 2.19. The molecule has 0 aliphatic heterocycles. The number of allylic oxidation sites excluding steroid dienone is 22. The minimum Gasteiger partial charge on any atom is -0.462 e. The molecule has 0 heterocycles. The summed E-state index contributed by atoms with van der Waals surface area (Å²) >= 11 is 0. The normalized spacial score (nSPS) is 13.0. The van der Waals surface area contributed by atoms with Gasteiger partial charge in [0, 0.05) is 19.3 Å². The first-order chi connectivity index (χ1) is 39.5. The smallest absolute Gasteiger partial charge is 0.306 e. The zero-order chi connectivity index (χ0) is 57.8. The molecule has 6 nitrogen and oxygen atoms in total. The standard InChI is InChI=1S/C74H122O6/c1-4-7-10-13-16-19-22-25-27-29-30-31-32-33-34-35-36-37-38-39-40-41-42-43-44-45-47-49-52-55-58-61-64-67-73(76)79-70-71(69-78-72(75)66-63-60-57-54-51-48-24-21-18-15-12-9-6-3)80-74(77)68-65-62-59-56-53-50-46-28-26-23-20-17-14-11-8-5-2/h7,10,16,19,21,24-25,27,30-31,33-34,36-37,39-40,42-43,45,47,52,55,71H,4-6,8-9,11-15,17-18,20,22-23,26,28-29,32,35,38,41,44,46,48-51,53-54,56-70H2,1-3H3/b10-7-,19-16-,24-21-,27-25-,31-30-,34-33-,37-36-,40-39-,43-42-,47-45-,55-52-. The van der Waals surface area contributed by atoms with Crippen LogP contribution < -0.4 is 0 Å². The van der Waals surface area contributed by atoms with Crippen LogP contribution >= 0.6 is 0 Å².